The first-order valence-electron chi connectivity index (χ1n) is 9.57. The molecule has 0 aliphatic rings. The highest BCUT2D eigenvalue weighted by Crippen LogP contribution is 2.16. The van der Waals surface area contributed by atoms with E-state index in [2.05, 4.69) is 34.0 Å². The lowest BCUT2D eigenvalue weighted by atomic mass is 10.1. The van der Waals surface area contributed by atoms with Gasteiger partial charge in [0.25, 0.3) is 5.91 Å². The number of para-hydroxylation sites is 1. The van der Waals surface area contributed by atoms with Crippen molar-refractivity contribution in [2.24, 2.45) is 0 Å². The average molecular weight is 404 g/mol. The van der Waals surface area contributed by atoms with Crippen LogP contribution in [0.2, 0.25) is 0 Å². The smallest absolute Gasteiger partial charge is 0.251 e. The molecule has 0 spiro atoms. The summed E-state index contributed by atoms with van der Waals surface area (Å²) in [5.41, 5.74) is 2.29. The highest BCUT2D eigenvalue weighted by molar-refractivity contribution is 7.89. The Bertz CT molecular complexity index is 883. The van der Waals surface area contributed by atoms with Crippen molar-refractivity contribution in [3.8, 4) is 0 Å². The number of nitrogens with one attached hydrogen (secondary N) is 2. The Morgan fingerprint density at radius 2 is 1.79 bits per heavy atom. The first-order chi connectivity index (χ1) is 13.4. The van der Waals surface area contributed by atoms with E-state index in [9.17, 15) is 13.2 Å². The third-order valence-electron chi connectivity index (χ3n) is 4.49. The molecule has 0 fully saturated rings. The number of nitrogens with zero attached hydrogens (tertiary/aromatic N) is 1. The number of carbonyl (C=O) groups excluding carboxylic acids is 1. The normalized spacial score (nSPS) is 11.2. The van der Waals surface area contributed by atoms with Crippen LogP contribution in [0.1, 0.15) is 36.2 Å². The van der Waals surface area contributed by atoms with Gasteiger partial charge in [0.2, 0.25) is 10.0 Å². The Labute approximate surface area is 168 Å². The molecule has 0 bridgehead atoms. The number of anilines is 1. The lowest BCUT2D eigenvalue weighted by molar-refractivity contribution is 0.0952. The Morgan fingerprint density at radius 3 is 2.43 bits per heavy atom. The molecule has 6 nitrogen and oxygen atoms in total. The van der Waals surface area contributed by atoms with Crippen molar-refractivity contribution >= 4 is 21.6 Å². The molecule has 1 amide bonds. The second kappa shape index (κ2) is 10.2. The third-order valence-corrected chi connectivity index (χ3v) is 6.03. The summed E-state index contributed by atoms with van der Waals surface area (Å²) in [7, 11) is -3.59. The average Bonchev–Trinajstić information content (AvgIpc) is 2.68. The fraction of sp³-hybridized carbons (Fsp3) is 0.381. The van der Waals surface area contributed by atoms with Gasteiger partial charge in [-0.1, -0.05) is 31.2 Å². The largest absolute Gasteiger partial charge is 0.372 e. The summed E-state index contributed by atoms with van der Waals surface area (Å²) >= 11 is 0. The van der Waals surface area contributed by atoms with Crippen molar-refractivity contribution in [2.45, 2.75) is 32.1 Å². The summed E-state index contributed by atoms with van der Waals surface area (Å²) in [6.45, 7) is 8.15. The highest BCUT2D eigenvalue weighted by atomic mass is 32.2. The monoisotopic (exact) mass is 403 g/mol. The molecule has 0 heterocycles. The fourth-order valence-electron chi connectivity index (χ4n) is 2.96. The van der Waals surface area contributed by atoms with Gasteiger partial charge in [-0.05, 0) is 50.1 Å². The van der Waals surface area contributed by atoms with Crippen molar-refractivity contribution < 1.29 is 13.2 Å². The van der Waals surface area contributed by atoms with Crippen molar-refractivity contribution in [1.82, 2.24) is 10.0 Å². The predicted octanol–water partition coefficient (Wildman–Crippen LogP) is 2.94. The second-order valence-electron chi connectivity index (χ2n) is 6.50. The maximum absolute atomic E-state index is 12.5. The summed E-state index contributed by atoms with van der Waals surface area (Å²) < 4.78 is 26.8. The molecule has 28 heavy (non-hydrogen) atoms. The molecule has 0 radical (unpaired) electrons. The summed E-state index contributed by atoms with van der Waals surface area (Å²) in [6, 6.07) is 14.8. The number of benzene rings is 2. The Kier molecular flexibility index (Phi) is 8.02. The lowest BCUT2D eigenvalue weighted by Crippen LogP contribution is -2.30. The van der Waals surface area contributed by atoms with Gasteiger partial charge in [-0.2, -0.15) is 0 Å². The molecule has 2 aromatic carbocycles. The van der Waals surface area contributed by atoms with Crippen LogP contribution in [0.4, 0.5) is 5.69 Å². The molecule has 0 aliphatic carbocycles. The van der Waals surface area contributed by atoms with E-state index in [4.69, 9.17) is 0 Å². The van der Waals surface area contributed by atoms with Crippen LogP contribution < -0.4 is 14.9 Å². The zero-order valence-electron chi connectivity index (χ0n) is 16.7. The second-order valence-corrected chi connectivity index (χ2v) is 8.27. The van der Waals surface area contributed by atoms with Crippen LogP contribution in [0.25, 0.3) is 0 Å². The van der Waals surface area contributed by atoms with E-state index in [1.54, 1.807) is 19.9 Å². The summed E-state index contributed by atoms with van der Waals surface area (Å²) in [5, 5.41) is 2.90. The van der Waals surface area contributed by atoms with Crippen molar-refractivity contribution in [1.29, 1.82) is 0 Å². The van der Waals surface area contributed by atoms with E-state index in [0.717, 1.165) is 30.8 Å². The molecule has 7 heteroatoms. The maximum atomic E-state index is 12.5. The van der Waals surface area contributed by atoms with E-state index in [0.29, 0.717) is 18.7 Å². The van der Waals surface area contributed by atoms with Crippen LogP contribution in [0.3, 0.4) is 0 Å². The van der Waals surface area contributed by atoms with Gasteiger partial charge in [0.1, 0.15) is 0 Å². The molecular weight excluding hydrogens is 374 g/mol. The molecule has 0 saturated heterocycles. The maximum Gasteiger partial charge on any atom is 0.251 e. The van der Waals surface area contributed by atoms with Gasteiger partial charge in [-0.3, -0.25) is 4.79 Å². The van der Waals surface area contributed by atoms with Crippen LogP contribution in [-0.4, -0.2) is 40.5 Å². The Balaban J connectivity index is 1.96. The van der Waals surface area contributed by atoms with E-state index in [1.165, 1.54) is 12.1 Å². The van der Waals surface area contributed by atoms with Gasteiger partial charge in [-0.15, -0.1) is 0 Å². The summed E-state index contributed by atoms with van der Waals surface area (Å²) in [4.78, 5) is 14.9. The summed E-state index contributed by atoms with van der Waals surface area (Å²) in [5.74, 6) is -0.256. The molecule has 2 aromatic rings. The SMILES string of the molecule is CCNS(=O)(=O)c1ccc(C)c(C(=O)NCCCN(CC)c2ccccc2)c1. The molecule has 2 N–H and O–H groups in total. The van der Waals surface area contributed by atoms with Crippen molar-refractivity contribution in [3.63, 3.8) is 0 Å². The van der Waals surface area contributed by atoms with E-state index in [-0.39, 0.29) is 10.8 Å². The first kappa shape index (κ1) is 21.9. The molecule has 152 valence electrons. The Hall–Kier alpha value is -2.38. The third kappa shape index (κ3) is 5.81. The number of rotatable bonds is 10. The zero-order valence-corrected chi connectivity index (χ0v) is 17.6. The predicted molar refractivity (Wildman–Crippen MR) is 113 cm³/mol. The molecule has 0 aliphatic heterocycles. The van der Waals surface area contributed by atoms with Gasteiger partial charge in [-0.25, -0.2) is 13.1 Å². The highest BCUT2D eigenvalue weighted by Gasteiger charge is 2.17. The quantitative estimate of drug-likeness (QED) is 0.598. The molecule has 0 unspecified atom stereocenters. The lowest BCUT2D eigenvalue weighted by Gasteiger charge is -2.23. The van der Waals surface area contributed by atoms with Gasteiger partial charge in [0.05, 0.1) is 4.90 Å². The number of hydrogen-bond donors (Lipinski definition) is 2. The van der Waals surface area contributed by atoms with Crippen LogP contribution in [0.5, 0.6) is 0 Å². The van der Waals surface area contributed by atoms with E-state index in [1.807, 2.05) is 18.2 Å². The van der Waals surface area contributed by atoms with E-state index < -0.39 is 10.0 Å². The van der Waals surface area contributed by atoms with Crippen molar-refractivity contribution in [2.75, 3.05) is 31.1 Å². The van der Waals surface area contributed by atoms with Crippen LogP contribution in [-0.2, 0) is 10.0 Å². The number of carbonyl (C=O) groups is 1. The molecular formula is C21H29N3O3S. The minimum absolute atomic E-state index is 0.103. The van der Waals surface area contributed by atoms with Gasteiger partial charge < -0.3 is 10.2 Å². The van der Waals surface area contributed by atoms with Crippen LogP contribution >= 0.6 is 0 Å². The topological polar surface area (TPSA) is 78.5 Å². The number of amides is 1. The minimum atomic E-state index is -3.59. The van der Waals surface area contributed by atoms with Crippen molar-refractivity contribution in [3.05, 3.63) is 59.7 Å². The molecule has 2 rings (SSSR count). The first-order valence-corrected chi connectivity index (χ1v) is 11.1. The Morgan fingerprint density at radius 1 is 1.07 bits per heavy atom. The van der Waals surface area contributed by atoms with Crippen LogP contribution in [0.15, 0.2) is 53.4 Å². The van der Waals surface area contributed by atoms with Gasteiger partial charge in [0.15, 0.2) is 0 Å². The fourth-order valence-corrected chi connectivity index (χ4v) is 4.03. The minimum Gasteiger partial charge on any atom is -0.372 e. The molecule has 0 saturated carbocycles. The van der Waals surface area contributed by atoms with Crippen LogP contribution in [0, 0.1) is 6.92 Å². The number of hydrogen-bond acceptors (Lipinski definition) is 4. The molecule has 0 atom stereocenters. The van der Waals surface area contributed by atoms with Gasteiger partial charge >= 0.3 is 0 Å². The van der Waals surface area contributed by atoms with E-state index >= 15 is 0 Å². The zero-order chi connectivity index (χ0) is 20.6. The van der Waals surface area contributed by atoms with Gasteiger partial charge in [0, 0.05) is 37.4 Å². The molecule has 0 aromatic heterocycles. The standard InChI is InChI=1S/C21H29N3O3S/c1-4-23-28(26,27)19-13-12-17(3)20(16-19)21(25)22-14-9-15-24(5-2)18-10-7-6-8-11-18/h6-8,10-13,16,23H,4-5,9,14-15H2,1-3H3,(H,22,25). The number of aryl methyl sites for hydroxylation is 1. The summed E-state index contributed by atoms with van der Waals surface area (Å²) in [6.07, 6.45) is 0.795. The number of sulfonamides is 1.